The molecule has 0 unspecified atom stereocenters. The molecule has 2 aromatic rings. The predicted octanol–water partition coefficient (Wildman–Crippen LogP) is 4.30. The second kappa shape index (κ2) is 4.24. The fourth-order valence-electron chi connectivity index (χ4n) is 2.54. The minimum Gasteiger partial charge on any atom is -0.425 e. The van der Waals surface area contributed by atoms with Gasteiger partial charge in [0.15, 0.2) is 5.58 Å². The molecule has 0 fully saturated rings. The Labute approximate surface area is 111 Å². The van der Waals surface area contributed by atoms with Crippen molar-refractivity contribution in [2.75, 3.05) is 4.23 Å². The first kappa shape index (κ1) is 13.4. The minimum absolute atomic E-state index is 0.814. The molecule has 98 valence electrons. The topological polar surface area (TPSA) is 29.3 Å². The predicted molar refractivity (Wildman–Crippen MR) is 83.2 cm³/mol. The average molecular weight is 279 g/mol. The monoisotopic (exact) mass is 278 g/mol. The number of benzene rings is 1. The zero-order valence-corrected chi connectivity index (χ0v) is 14.1. The number of para-hydroxylation sites is 2. The first-order chi connectivity index (χ1) is 8.19. The summed E-state index contributed by atoms with van der Waals surface area (Å²) in [6.07, 6.45) is 0. The summed E-state index contributed by atoms with van der Waals surface area (Å²) in [5.41, 5.74) is 1.84. The maximum Gasteiger partial charge on any atom is 0.281 e. The maximum absolute atomic E-state index is 5.97. The van der Waals surface area contributed by atoms with E-state index in [1.54, 1.807) is 0 Å². The van der Waals surface area contributed by atoms with Gasteiger partial charge in [0.25, 0.3) is 6.01 Å². The third-order valence-corrected chi connectivity index (χ3v) is 9.91. The number of fused-ring (bicyclic) bond motifs is 1. The molecular weight excluding hydrogens is 256 g/mol. The Morgan fingerprint density at radius 2 is 1.50 bits per heavy atom. The highest BCUT2D eigenvalue weighted by atomic mass is 28.4. The normalized spacial score (nSPS) is 13.0. The van der Waals surface area contributed by atoms with Gasteiger partial charge in [0.05, 0.1) is 0 Å². The number of hydrogen-bond donors (Lipinski definition) is 0. The van der Waals surface area contributed by atoms with Crippen LogP contribution in [-0.2, 0) is 0 Å². The molecule has 0 N–H and O–H groups in total. The molecule has 0 aliphatic rings. The molecule has 0 amide bonds. The van der Waals surface area contributed by atoms with E-state index in [1.807, 2.05) is 24.3 Å². The number of oxazole rings is 1. The summed E-state index contributed by atoms with van der Waals surface area (Å²) in [5.74, 6) is 0. The SMILES string of the molecule is C[Si](C)(C)N(c1nc2ccccc2o1)[Si](C)(C)C. The van der Waals surface area contributed by atoms with Crippen molar-refractivity contribution in [2.24, 2.45) is 0 Å². The van der Waals surface area contributed by atoms with E-state index in [9.17, 15) is 0 Å². The second-order valence-corrected chi connectivity index (χ2v) is 16.7. The van der Waals surface area contributed by atoms with Crippen molar-refractivity contribution in [2.45, 2.75) is 39.3 Å². The van der Waals surface area contributed by atoms with Gasteiger partial charge in [0.2, 0.25) is 0 Å². The molecule has 0 atom stereocenters. The molecule has 0 saturated heterocycles. The Morgan fingerprint density at radius 1 is 0.944 bits per heavy atom. The lowest BCUT2D eigenvalue weighted by Crippen LogP contribution is -2.59. The number of hydrogen-bond acceptors (Lipinski definition) is 3. The minimum atomic E-state index is -1.49. The van der Waals surface area contributed by atoms with Gasteiger partial charge in [-0.2, -0.15) is 4.98 Å². The van der Waals surface area contributed by atoms with Crippen LogP contribution in [0.1, 0.15) is 0 Å². The summed E-state index contributed by atoms with van der Waals surface area (Å²) in [6.45, 7) is 14.1. The van der Waals surface area contributed by atoms with Crippen LogP contribution >= 0.6 is 0 Å². The number of anilines is 1. The molecule has 3 nitrogen and oxygen atoms in total. The van der Waals surface area contributed by atoms with Gasteiger partial charge in [-0.25, -0.2) is 0 Å². The van der Waals surface area contributed by atoms with Crippen LogP contribution in [0.25, 0.3) is 11.1 Å². The van der Waals surface area contributed by atoms with Gasteiger partial charge in [-0.3, -0.25) is 0 Å². The summed E-state index contributed by atoms with van der Waals surface area (Å²) in [5, 5.41) is 0. The molecule has 0 saturated carbocycles. The van der Waals surface area contributed by atoms with E-state index in [2.05, 4.69) is 48.5 Å². The molecule has 1 heterocycles. The third-order valence-electron chi connectivity index (χ3n) is 2.82. The van der Waals surface area contributed by atoms with Gasteiger partial charge in [-0.1, -0.05) is 51.4 Å². The van der Waals surface area contributed by atoms with Gasteiger partial charge in [0, 0.05) is 0 Å². The molecule has 2 rings (SSSR count). The lowest BCUT2D eigenvalue weighted by atomic mass is 10.3. The highest BCUT2D eigenvalue weighted by Gasteiger charge is 2.37. The highest BCUT2D eigenvalue weighted by Crippen LogP contribution is 2.30. The van der Waals surface area contributed by atoms with Gasteiger partial charge >= 0.3 is 0 Å². The smallest absolute Gasteiger partial charge is 0.281 e. The standard InChI is InChI=1S/C13H22N2OSi2/c1-17(2,3)15(18(4,5)6)13-14-11-9-7-8-10-12(11)16-13/h7-10H,1-6H3. The zero-order valence-electron chi connectivity index (χ0n) is 12.1. The molecular formula is C13H22N2OSi2. The summed E-state index contributed by atoms with van der Waals surface area (Å²) >= 11 is 0. The molecule has 1 aromatic carbocycles. The Hall–Kier alpha value is -1.08. The van der Waals surface area contributed by atoms with Crippen LogP contribution in [-0.4, -0.2) is 21.5 Å². The van der Waals surface area contributed by atoms with Crippen molar-refractivity contribution in [3.8, 4) is 0 Å². The Bertz CT molecular complexity index is 505. The lowest BCUT2D eigenvalue weighted by molar-refractivity contribution is 0.613. The third kappa shape index (κ3) is 2.51. The van der Waals surface area contributed by atoms with Crippen molar-refractivity contribution in [1.29, 1.82) is 0 Å². The first-order valence-electron chi connectivity index (χ1n) is 6.35. The van der Waals surface area contributed by atoms with Crippen molar-refractivity contribution >= 4 is 33.6 Å². The zero-order chi connectivity index (χ0) is 13.6. The van der Waals surface area contributed by atoms with Crippen LogP contribution in [0.4, 0.5) is 6.01 Å². The van der Waals surface area contributed by atoms with E-state index in [-0.39, 0.29) is 0 Å². The average Bonchev–Trinajstić information content (AvgIpc) is 2.54. The van der Waals surface area contributed by atoms with Gasteiger partial charge in [-0.05, 0) is 12.1 Å². The van der Waals surface area contributed by atoms with Crippen LogP contribution in [0.15, 0.2) is 28.7 Å². The molecule has 0 spiro atoms. The van der Waals surface area contributed by atoms with E-state index in [0.29, 0.717) is 0 Å². The molecule has 5 heteroatoms. The van der Waals surface area contributed by atoms with Gasteiger partial charge < -0.3 is 8.65 Å². The molecule has 0 aliphatic carbocycles. The van der Waals surface area contributed by atoms with Gasteiger partial charge in [-0.15, -0.1) is 0 Å². The molecule has 0 bridgehead atoms. The van der Waals surface area contributed by atoms with Crippen LogP contribution in [0.3, 0.4) is 0 Å². The Balaban J connectivity index is 2.55. The quantitative estimate of drug-likeness (QED) is 0.784. The summed E-state index contributed by atoms with van der Waals surface area (Å²) in [4.78, 5) is 4.67. The molecule has 18 heavy (non-hydrogen) atoms. The van der Waals surface area contributed by atoms with Crippen LogP contribution in [0, 0.1) is 0 Å². The lowest BCUT2D eigenvalue weighted by Gasteiger charge is -2.42. The van der Waals surface area contributed by atoms with E-state index in [0.717, 1.165) is 17.1 Å². The van der Waals surface area contributed by atoms with Crippen molar-refractivity contribution in [1.82, 2.24) is 4.98 Å². The molecule has 0 radical (unpaired) electrons. The molecule has 0 aliphatic heterocycles. The number of rotatable bonds is 3. The summed E-state index contributed by atoms with van der Waals surface area (Å²) < 4.78 is 8.47. The number of aromatic nitrogens is 1. The highest BCUT2D eigenvalue weighted by molar-refractivity contribution is 6.99. The van der Waals surface area contributed by atoms with Crippen LogP contribution in [0.5, 0.6) is 0 Å². The van der Waals surface area contributed by atoms with E-state index >= 15 is 0 Å². The van der Waals surface area contributed by atoms with Crippen molar-refractivity contribution in [3.63, 3.8) is 0 Å². The molecule has 1 aromatic heterocycles. The van der Waals surface area contributed by atoms with E-state index < -0.39 is 16.5 Å². The van der Waals surface area contributed by atoms with E-state index in [4.69, 9.17) is 4.42 Å². The number of nitrogens with zero attached hydrogens (tertiary/aromatic N) is 2. The largest absolute Gasteiger partial charge is 0.425 e. The van der Waals surface area contributed by atoms with Crippen molar-refractivity contribution in [3.05, 3.63) is 24.3 Å². The van der Waals surface area contributed by atoms with Crippen LogP contribution < -0.4 is 4.23 Å². The Kier molecular flexibility index (Phi) is 3.15. The fourth-order valence-corrected chi connectivity index (χ4v) is 11.9. The second-order valence-electron chi connectivity index (χ2n) is 6.64. The fraction of sp³-hybridized carbons (Fsp3) is 0.462. The van der Waals surface area contributed by atoms with Crippen LogP contribution in [0.2, 0.25) is 39.3 Å². The Morgan fingerprint density at radius 3 is 2.00 bits per heavy atom. The van der Waals surface area contributed by atoms with Crippen molar-refractivity contribution < 1.29 is 4.42 Å². The van der Waals surface area contributed by atoms with E-state index in [1.165, 1.54) is 0 Å². The summed E-state index contributed by atoms with van der Waals surface area (Å²) in [7, 11) is -2.97. The summed E-state index contributed by atoms with van der Waals surface area (Å²) in [6, 6.07) is 8.80. The first-order valence-corrected chi connectivity index (χ1v) is 13.2. The maximum atomic E-state index is 5.97. The van der Waals surface area contributed by atoms with Gasteiger partial charge in [0.1, 0.15) is 22.0 Å².